The van der Waals surface area contributed by atoms with Gasteiger partial charge in [0.05, 0.1) is 0 Å². The molecule has 3 nitrogen and oxygen atoms in total. The van der Waals surface area contributed by atoms with Gasteiger partial charge in [0, 0.05) is 26.6 Å². The second kappa shape index (κ2) is 7.98. The average molecular weight is 244 g/mol. The van der Waals surface area contributed by atoms with Gasteiger partial charge in [-0.25, -0.2) is 0 Å². The van der Waals surface area contributed by atoms with Gasteiger partial charge < -0.3 is 8.85 Å². The van der Waals surface area contributed by atoms with Gasteiger partial charge in [-0.05, 0) is 25.3 Å². The molecule has 0 aromatic carbocycles. The van der Waals surface area contributed by atoms with Crippen LogP contribution in [-0.2, 0) is 13.6 Å². The second-order valence-corrected chi connectivity index (χ2v) is 6.97. The molecular formula is C12H24O3Si. The minimum Gasteiger partial charge on any atom is -0.400 e. The number of carbonyl (C=O) groups is 1. The van der Waals surface area contributed by atoms with Crippen molar-refractivity contribution in [3.63, 3.8) is 0 Å². The first-order valence-electron chi connectivity index (χ1n) is 6.36. The number of hydrogen-bond donors (Lipinski definition) is 0. The molecule has 4 heteroatoms. The maximum atomic E-state index is 11.6. The van der Waals surface area contributed by atoms with Crippen LogP contribution in [0.5, 0.6) is 0 Å². The fourth-order valence-electron chi connectivity index (χ4n) is 2.39. The van der Waals surface area contributed by atoms with Crippen molar-refractivity contribution in [1.29, 1.82) is 0 Å². The summed E-state index contributed by atoms with van der Waals surface area (Å²) in [6.45, 7) is 0. The van der Waals surface area contributed by atoms with Crippen molar-refractivity contribution in [3.8, 4) is 0 Å². The molecule has 0 heterocycles. The SMILES string of the molecule is CO[SiH](CCCCC1CCCCC1=O)OC. The van der Waals surface area contributed by atoms with Crippen molar-refractivity contribution in [3.05, 3.63) is 0 Å². The number of rotatable bonds is 7. The highest BCUT2D eigenvalue weighted by atomic mass is 28.3. The third kappa shape index (κ3) is 4.76. The molecular weight excluding hydrogens is 220 g/mol. The summed E-state index contributed by atoms with van der Waals surface area (Å²) in [5.74, 6) is 0.859. The lowest BCUT2D eigenvalue weighted by Crippen LogP contribution is -2.20. The van der Waals surface area contributed by atoms with Gasteiger partial charge in [0.2, 0.25) is 0 Å². The van der Waals surface area contributed by atoms with E-state index >= 15 is 0 Å². The molecule has 94 valence electrons. The molecule has 1 aliphatic carbocycles. The first-order chi connectivity index (χ1) is 7.77. The minimum absolute atomic E-state index is 0.360. The van der Waals surface area contributed by atoms with E-state index in [4.69, 9.17) is 8.85 Å². The summed E-state index contributed by atoms with van der Waals surface area (Å²) in [4.78, 5) is 11.6. The van der Waals surface area contributed by atoms with Gasteiger partial charge in [-0.15, -0.1) is 0 Å². The summed E-state index contributed by atoms with van der Waals surface area (Å²) >= 11 is 0. The Morgan fingerprint density at radius 2 is 2.00 bits per heavy atom. The van der Waals surface area contributed by atoms with Gasteiger partial charge in [-0.3, -0.25) is 4.79 Å². The van der Waals surface area contributed by atoms with Gasteiger partial charge >= 0.3 is 9.28 Å². The van der Waals surface area contributed by atoms with Crippen LogP contribution >= 0.6 is 0 Å². The highest BCUT2D eigenvalue weighted by Crippen LogP contribution is 2.25. The molecule has 0 aromatic heterocycles. The fourth-order valence-corrected chi connectivity index (χ4v) is 3.68. The summed E-state index contributed by atoms with van der Waals surface area (Å²) in [7, 11) is 2.09. The van der Waals surface area contributed by atoms with Crippen LogP contribution in [0.2, 0.25) is 6.04 Å². The van der Waals surface area contributed by atoms with Crippen LogP contribution in [0.25, 0.3) is 0 Å². The summed E-state index contributed by atoms with van der Waals surface area (Å²) in [5.41, 5.74) is 0. The highest BCUT2D eigenvalue weighted by Gasteiger charge is 2.21. The van der Waals surface area contributed by atoms with Crippen molar-refractivity contribution < 1.29 is 13.6 Å². The Hall–Kier alpha value is -0.193. The normalized spacial score (nSPS) is 21.7. The molecule has 0 aromatic rings. The molecule has 1 saturated carbocycles. The van der Waals surface area contributed by atoms with Gasteiger partial charge in [0.1, 0.15) is 5.78 Å². The smallest absolute Gasteiger partial charge is 0.320 e. The molecule has 0 spiro atoms. The van der Waals surface area contributed by atoms with Crippen LogP contribution < -0.4 is 0 Å². The molecule has 0 N–H and O–H groups in total. The second-order valence-electron chi connectivity index (χ2n) is 4.59. The molecule has 1 unspecified atom stereocenters. The molecule has 1 fully saturated rings. The summed E-state index contributed by atoms with van der Waals surface area (Å²) in [6, 6.07) is 1.06. The van der Waals surface area contributed by atoms with E-state index < -0.39 is 9.28 Å². The van der Waals surface area contributed by atoms with Crippen molar-refractivity contribution >= 4 is 15.1 Å². The van der Waals surface area contributed by atoms with Gasteiger partial charge in [0.15, 0.2) is 0 Å². The van der Waals surface area contributed by atoms with Crippen molar-refractivity contribution in [1.82, 2.24) is 0 Å². The van der Waals surface area contributed by atoms with Crippen molar-refractivity contribution in [2.45, 2.75) is 51.0 Å². The number of carbonyl (C=O) groups excluding carboxylic acids is 1. The molecule has 0 bridgehead atoms. The number of Topliss-reactive ketones (excluding diaryl/α,β-unsaturated/α-hetero) is 1. The maximum Gasteiger partial charge on any atom is 0.320 e. The lowest BCUT2D eigenvalue weighted by atomic mass is 9.85. The van der Waals surface area contributed by atoms with Crippen LogP contribution in [0, 0.1) is 5.92 Å². The molecule has 0 amide bonds. The van der Waals surface area contributed by atoms with Crippen molar-refractivity contribution in [2.24, 2.45) is 5.92 Å². The predicted octanol–water partition coefficient (Wildman–Crippen LogP) is 2.43. The van der Waals surface area contributed by atoms with Crippen LogP contribution in [0.3, 0.4) is 0 Å². The van der Waals surface area contributed by atoms with Crippen LogP contribution in [-0.4, -0.2) is 29.3 Å². The fraction of sp³-hybridized carbons (Fsp3) is 0.917. The van der Waals surface area contributed by atoms with Crippen LogP contribution in [0.1, 0.15) is 44.9 Å². The van der Waals surface area contributed by atoms with Gasteiger partial charge in [-0.1, -0.05) is 19.3 Å². The Morgan fingerprint density at radius 1 is 1.25 bits per heavy atom. The molecule has 1 atom stereocenters. The maximum absolute atomic E-state index is 11.6. The molecule has 1 rings (SSSR count). The van der Waals surface area contributed by atoms with Crippen molar-refractivity contribution in [2.75, 3.05) is 14.2 Å². The topological polar surface area (TPSA) is 35.5 Å². The van der Waals surface area contributed by atoms with E-state index in [2.05, 4.69) is 0 Å². The minimum atomic E-state index is -1.37. The quantitative estimate of drug-likeness (QED) is 0.510. The molecule has 16 heavy (non-hydrogen) atoms. The Balaban J connectivity index is 2.08. The number of ketones is 1. The standard InChI is InChI=1S/C12H24O3Si/c1-14-16(15-2)10-6-5-8-11-7-3-4-9-12(11)13/h11,16H,3-10H2,1-2H3. The number of hydrogen-bond acceptors (Lipinski definition) is 3. The average Bonchev–Trinajstić information content (AvgIpc) is 2.31. The van der Waals surface area contributed by atoms with Crippen LogP contribution in [0.4, 0.5) is 0 Å². The highest BCUT2D eigenvalue weighted by molar-refractivity contribution is 6.44. The van der Waals surface area contributed by atoms with E-state index in [1.165, 1.54) is 6.42 Å². The summed E-state index contributed by atoms with van der Waals surface area (Å²) in [6.07, 6.45) is 7.65. The Morgan fingerprint density at radius 3 is 2.62 bits per heavy atom. The largest absolute Gasteiger partial charge is 0.400 e. The zero-order valence-electron chi connectivity index (χ0n) is 10.5. The Kier molecular flexibility index (Phi) is 6.92. The van der Waals surface area contributed by atoms with Gasteiger partial charge in [0.25, 0.3) is 0 Å². The molecule has 0 saturated heterocycles. The van der Waals surface area contributed by atoms with E-state index in [-0.39, 0.29) is 0 Å². The predicted molar refractivity (Wildman–Crippen MR) is 66.8 cm³/mol. The zero-order valence-corrected chi connectivity index (χ0v) is 11.7. The Bertz CT molecular complexity index is 204. The van der Waals surface area contributed by atoms with E-state index in [1.807, 2.05) is 0 Å². The molecule has 1 aliphatic rings. The monoisotopic (exact) mass is 244 g/mol. The first-order valence-corrected chi connectivity index (χ1v) is 8.12. The first kappa shape index (κ1) is 13.9. The molecule has 0 aliphatic heterocycles. The zero-order chi connectivity index (χ0) is 11.8. The lowest BCUT2D eigenvalue weighted by Gasteiger charge is -2.20. The van der Waals surface area contributed by atoms with E-state index in [1.54, 1.807) is 14.2 Å². The van der Waals surface area contributed by atoms with E-state index in [0.717, 1.165) is 44.6 Å². The molecule has 0 radical (unpaired) electrons. The summed E-state index contributed by atoms with van der Waals surface area (Å²) < 4.78 is 10.5. The Labute approximate surface area is 100 Å². The van der Waals surface area contributed by atoms with Crippen LogP contribution in [0.15, 0.2) is 0 Å². The van der Waals surface area contributed by atoms with E-state index in [0.29, 0.717) is 11.7 Å². The third-order valence-corrected chi connectivity index (χ3v) is 5.38. The lowest BCUT2D eigenvalue weighted by molar-refractivity contribution is -0.124. The van der Waals surface area contributed by atoms with Gasteiger partial charge in [-0.2, -0.15) is 0 Å². The van der Waals surface area contributed by atoms with E-state index in [9.17, 15) is 4.79 Å². The number of unbranched alkanes of at least 4 members (excludes halogenated alkanes) is 1. The third-order valence-electron chi connectivity index (χ3n) is 3.45. The summed E-state index contributed by atoms with van der Waals surface area (Å²) in [5, 5.41) is 0.